The fraction of sp³-hybridized carbons (Fsp3) is 0. The number of nitrogens with zero attached hydrogens (tertiary/aromatic N) is 2. The van der Waals surface area contributed by atoms with Crippen LogP contribution >= 0.6 is 0 Å². The number of hydrogen-bond acceptors (Lipinski definition) is 2. The van der Waals surface area contributed by atoms with E-state index in [0.717, 1.165) is 16.4 Å². The minimum Gasteiger partial charge on any atom is -0.264 e. The van der Waals surface area contributed by atoms with Gasteiger partial charge in [0.2, 0.25) is 0 Å². The van der Waals surface area contributed by atoms with Gasteiger partial charge in [0.05, 0.1) is 11.0 Å². The van der Waals surface area contributed by atoms with E-state index in [1.807, 2.05) is 24.4 Å². The van der Waals surface area contributed by atoms with Crippen LogP contribution in [0.15, 0.2) is 73.1 Å². The quantitative estimate of drug-likeness (QED) is 0.470. The highest BCUT2D eigenvalue weighted by Gasteiger charge is 2.10. The Kier molecular flexibility index (Phi) is 2.46. The van der Waals surface area contributed by atoms with E-state index in [-0.39, 0.29) is 0 Å². The van der Waals surface area contributed by atoms with Gasteiger partial charge in [0, 0.05) is 28.7 Å². The number of hydrogen-bond donors (Lipinski definition) is 0. The molecule has 0 saturated carbocycles. The Morgan fingerprint density at radius 3 is 2.30 bits per heavy atom. The van der Waals surface area contributed by atoms with Crippen LogP contribution in [0, 0.1) is 0 Å². The molecule has 4 aromatic rings. The maximum absolute atomic E-state index is 4.72. The van der Waals surface area contributed by atoms with E-state index in [2.05, 4.69) is 47.4 Å². The van der Waals surface area contributed by atoms with Gasteiger partial charge in [0.1, 0.15) is 0 Å². The molecule has 0 saturated heterocycles. The van der Waals surface area contributed by atoms with Gasteiger partial charge in [0.15, 0.2) is 0 Å². The molecule has 0 aliphatic heterocycles. The molecule has 0 aliphatic carbocycles. The van der Waals surface area contributed by atoms with Crippen LogP contribution < -0.4 is 0 Å². The summed E-state index contributed by atoms with van der Waals surface area (Å²) in [5.41, 5.74) is 4.41. The van der Waals surface area contributed by atoms with Crippen molar-refractivity contribution >= 4 is 21.8 Å². The lowest BCUT2D eigenvalue weighted by Gasteiger charge is -2.10. The third kappa shape index (κ3) is 1.66. The molecule has 0 spiro atoms. The predicted octanol–water partition coefficient (Wildman–Crippen LogP) is 4.45. The van der Waals surface area contributed by atoms with Crippen LogP contribution in [-0.2, 0) is 0 Å². The van der Waals surface area contributed by atoms with Crippen molar-refractivity contribution in [2.24, 2.45) is 0 Å². The van der Waals surface area contributed by atoms with E-state index in [0.29, 0.717) is 0 Å². The molecule has 2 heterocycles. The summed E-state index contributed by atoms with van der Waals surface area (Å²) in [7, 11) is 0. The van der Waals surface area contributed by atoms with Crippen LogP contribution in [0.1, 0.15) is 0 Å². The zero-order chi connectivity index (χ0) is 13.4. The van der Waals surface area contributed by atoms with Crippen molar-refractivity contribution in [3.63, 3.8) is 0 Å². The lowest BCUT2D eigenvalue weighted by Crippen LogP contribution is -1.89. The average Bonchev–Trinajstić information content (AvgIpc) is 2.53. The summed E-state index contributed by atoms with van der Waals surface area (Å²) in [4.78, 5) is 8.99. The average molecular weight is 256 g/mol. The molecule has 0 unspecified atom stereocenters. The van der Waals surface area contributed by atoms with Gasteiger partial charge in [-0.2, -0.15) is 0 Å². The van der Waals surface area contributed by atoms with Gasteiger partial charge >= 0.3 is 0 Å². The summed E-state index contributed by atoms with van der Waals surface area (Å²) in [6.45, 7) is 0. The van der Waals surface area contributed by atoms with E-state index < -0.39 is 0 Å². The lowest BCUT2D eigenvalue weighted by molar-refractivity contribution is 1.34. The zero-order valence-corrected chi connectivity index (χ0v) is 10.8. The van der Waals surface area contributed by atoms with Crippen LogP contribution in [0.25, 0.3) is 32.9 Å². The first-order valence-electron chi connectivity index (χ1n) is 6.61. The Bertz CT molecular complexity index is 845. The lowest BCUT2D eigenvalue weighted by atomic mass is 9.97. The number of aromatic nitrogens is 2. The molecule has 94 valence electrons. The van der Waals surface area contributed by atoms with Crippen LogP contribution in [-0.4, -0.2) is 9.97 Å². The van der Waals surface area contributed by atoms with E-state index >= 15 is 0 Å². The van der Waals surface area contributed by atoms with Crippen molar-refractivity contribution in [1.29, 1.82) is 0 Å². The number of benzene rings is 2. The fourth-order valence-corrected chi connectivity index (χ4v) is 2.65. The highest BCUT2D eigenvalue weighted by atomic mass is 14.7. The Hall–Kier alpha value is -2.74. The first-order chi connectivity index (χ1) is 9.93. The van der Waals surface area contributed by atoms with Gasteiger partial charge < -0.3 is 0 Å². The molecule has 0 fully saturated rings. The molecule has 0 aliphatic rings. The summed E-state index contributed by atoms with van der Waals surface area (Å²) in [6, 6.07) is 20.7. The van der Waals surface area contributed by atoms with Gasteiger partial charge in [-0.05, 0) is 17.7 Å². The second kappa shape index (κ2) is 4.42. The zero-order valence-electron chi connectivity index (χ0n) is 10.8. The molecule has 2 nitrogen and oxygen atoms in total. The largest absolute Gasteiger partial charge is 0.264 e. The second-order valence-electron chi connectivity index (χ2n) is 4.76. The molecule has 4 rings (SSSR count). The van der Waals surface area contributed by atoms with Gasteiger partial charge in [-0.1, -0.05) is 48.5 Å². The Balaban J connectivity index is 2.24. The number of rotatable bonds is 1. The molecule has 2 aromatic heterocycles. The predicted molar refractivity (Wildman–Crippen MR) is 82.5 cm³/mol. The minimum absolute atomic E-state index is 0.984. The third-order valence-electron chi connectivity index (χ3n) is 3.54. The fourth-order valence-electron chi connectivity index (χ4n) is 2.65. The summed E-state index contributed by atoms with van der Waals surface area (Å²) < 4.78 is 0. The highest BCUT2D eigenvalue weighted by Crippen LogP contribution is 2.33. The normalized spacial score (nSPS) is 11.0. The molecular formula is C18H12N2. The summed E-state index contributed by atoms with van der Waals surface area (Å²) in [5.74, 6) is 0. The van der Waals surface area contributed by atoms with Gasteiger partial charge in [-0.15, -0.1) is 0 Å². The van der Waals surface area contributed by atoms with Gasteiger partial charge in [-0.3, -0.25) is 4.98 Å². The smallest absolute Gasteiger partial charge is 0.0746 e. The topological polar surface area (TPSA) is 25.8 Å². The Labute approximate surface area is 116 Å². The molecule has 20 heavy (non-hydrogen) atoms. The molecule has 0 N–H and O–H groups in total. The maximum atomic E-state index is 4.72. The van der Waals surface area contributed by atoms with E-state index in [4.69, 9.17) is 4.98 Å². The van der Waals surface area contributed by atoms with E-state index in [1.165, 1.54) is 16.5 Å². The molecule has 2 heteroatoms. The van der Waals surface area contributed by atoms with Crippen LogP contribution in [0.3, 0.4) is 0 Å². The first kappa shape index (κ1) is 11.1. The molecule has 0 amide bonds. The molecule has 0 radical (unpaired) electrons. The van der Waals surface area contributed by atoms with Crippen molar-refractivity contribution in [2.75, 3.05) is 0 Å². The summed E-state index contributed by atoms with van der Waals surface area (Å²) in [6.07, 6.45) is 3.69. The molecule has 2 aromatic carbocycles. The van der Waals surface area contributed by atoms with Gasteiger partial charge in [0.25, 0.3) is 0 Å². The molecule has 0 bridgehead atoms. The van der Waals surface area contributed by atoms with Gasteiger partial charge in [-0.25, -0.2) is 4.98 Å². The van der Waals surface area contributed by atoms with Crippen molar-refractivity contribution in [1.82, 2.24) is 9.97 Å². The van der Waals surface area contributed by atoms with Crippen LogP contribution in [0.4, 0.5) is 0 Å². The maximum Gasteiger partial charge on any atom is 0.0746 e. The van der Waals surface area contributed by atoms with Crippen LogP contribution in [0.2, 0.25) is 0 Å². The molecular weight excluding hydrogens is 244 g/mol. The SMILES string of the molecule is c1ccc(-c2c3ccccc3nc3ccncc23)cc1. The number of pyridine rings is 2. The summed E-state index contributed by atoms with van der Waals surface area (Å²) >= 11 is 0. The van der Waals surface area contributed by atoms with E-state index in [1.54, 1.807) is 6.20 Å². The second-order valence-corrected chi connectivity index (χ2v) is 4.76. The van der Waals surface area contributed by atoms with Crippen molar-refractivity contribution < 1.29 is 0 Å². The monoisotopic (exact) mass is 256 g/mol. The first-order valence-corrected chi connectivity index (χ1v) is 6.61. The van der Waals surface area contributed by atoms with E-state index in [9.17, 15) is 0 Å². The standard InChI is InChI=1S/C18H12N2/c1-2-6-13(7-3-1)18-14-8-4-5-9-16(14)20-17-10-11-19-12-15(17)18/h1-12H. The molecule has 0 atom stereocenters. The third-order valence-corrected chi connectivity index (χ3v) is 3.54. The minimum atomic E-state index is 0.984. The summed E-state index contributed by atoms with van der Waals surface area (Å²) in [5, 5.41) is 2.26. The van der Waals surface area contributed by atoms with Crippen LogP contribution in [0.5, 0.6) is 0 Å². The Morgan fingerprint density at radius 2 is 1.40 bits per heavy atom. The van der Waals surface area contributed by atoms with Crippen molar-refractivity contribution in [3.05, 3.63) is 73.1 Å². The highest BCUT2D eigenvalue weighted by molar-refractivity contribution is 6.09. The number of fused-ring (bicyclic) bond motifs is 2. The van der Waals surface area contributed by atoms with Crippen molar-refractivity contribution in [3.8, 4) is 11.1 Å². The number of para-hydroxylation sites is 1. The Morgan fingerprint density at radius 1 is 0.650 bits per heavy atom. The van der Waals surface area contributed by atoms with Crippen molar-refractivity contribution in [2.45, 2.75) is 0 Å².